The van der Waals surface area contributed by atoms with Gasteiger partial charge in [0.25, 0.3) is 0 Å². The molecular formula is C21H24IN8O3-. The summed E-state index contributed by atoms with van der Waals surface area (Å²) in [5.41, 5.74) is 2.25. The SMILES string of the molecule is CCCO[I-]N=C(C)C(=O)Nc1cccc(CO/N=C(/c2ccccc2)c2nnnn2C)n1. The first-order valence-corrected chi connectivity index (χ1v) is 12.0. The van der Waals surface area contributed by atoms with Gasteiger partial charge in [-0.2, -0.15) is 0 Å². The number of halogens is 1. The van der Waals surface area contributed by atoms with Crippen LogP contribution in [0, 0.1) is 0 Å². The monoisotopic (exact) mass is 563 g/mol. The third kappa shape index (κ3) is 7.39. The van der Waals surface area contributed by atoms with Crippen molar-refractivity contribution in [3.8, 4) is 0 Å². The molecule has 2 heterocycles. The predicted molar refractivity (Wildman–Crippen MR) is 118 cm³/mol. The van der Waals surface area contributed by atoms with E-state index in [-0.39, 0.29) is 12.5 Å². The molecule has 0 aliphatic rings. The second-order valence-electron chi connectivity index (χ2n) is 6.73. The average molecular weight is 563 g/mol. The maximum atomic E-state index is 12.3. The molecule has 0 fully saturated rings. The van der Waals surface area contributed by atoms with Crippen LogP contribution in [0.15, 0.2) is 56.9 Å². The van der Waals surface area contributed by atoms with Gasteiger partial charge in [-0.3, -0.25) is 0 Å². The number of hydrogen-bond donors (Lipinski definition) is 1. The molecule has 0 saturated heterocycles. The number of amides is 1. The normalized spacial score (nSPS) is 12.1. The number of benzene rings is 1. The van der Waals surface area contributed by atoms with E-state index in [1.54, 1.807) is 32.2 Å². The molecule has 33 heavy (non-hydrogen) atoms. The van der Waals surface area contributed by atoms with Crippen molar-refractivity contribution in [3.63, 3.8) is 0 Å². The van der Waals surface area contributed by atoms with Gasteiger partial charge in [0.2, 0.25) is 0 Å². The second kappa shape index (κ2) is 12.7. The standard InChI is InChI=1S/C21H24IN8O3/c1-4-13-32-22-25-15(2)21(31)24-18-12-8-11-17(23-18)14-33-27-19(16-9-6-5-7-10-16)20-26-28-29-30(20)3/h5-12H,4,13-14H2,1-3H3,(H,23,24,31)/q-1/b25-15?,27-19-. The zero-order chi connectivity index (χ0) is 23.5. The molecule has 0 aliphatic heterocycles. The molecule has 11 nitrogen and oxygen atoms in total. The van der Waals surface area contributed by atoms with E-state index in [2.05, 4.69) is 34.2 Å². The van der Waals surface area contributed by atoms with Gasteiger partial charge in [0.1, 0.15) is 0 Å². The molecule has 3 rings (SSSR count). The van der Waals surface area contributed by atoms with Crippen LogP contribution in [0.4, 0.5) is 5.82 Å². The Hall–Kier alpha value is -3.26. The van der Waals surface area contributed by atoms with Crippen LogP contribution in [-0.4, -0.2) is 49.1 Å². The van der Waals surface area contributed by atoms with Gasteiger partial charge >= 0.3 is 145 Å². The first-order valence-electron chi connectivity index (χ1n) is 10.1. The number of aromatic nitrogens is 5. The maximum absolute atomic E-state index is 12.3. The van der Waals surface area contributed by atoms with Gasteiger partial charge < -0.3 is 0 Å². The van der Waals surface area contributed by atoms with Crippen molar-refractivity contribution in [2.75, 3.05) is 11.9 Å². The van der Waals surface area contributed by atoms with Gasteiger partial charge in [-0.05, 0) is 10.4 Å². The molecule has 0 aliphatic carbocycles. The number of pyridine rings is 1. The predicted octanol–water partition coefficient (Wildman–Crippen LogP) is -0.681. The first-order chi connectivity index (χ1) is 16.1. The summed E-state index contributed by atoms with van der Waals surface area (Å²) in [6.07, 6.45) is 0.922. The molecule has 0 saturated carbocycles. The van der Waals surface area contributed by atoms with E-state index in [0.717, 1.165) is 12.0 Å². The van der Waals surface area contributed by atoms with Crippen LogP contribution in [0.5, 0.6) is 0 Å². The van der Waals surface area contributed by atoms with E-state index in [0.29, 0.717) is 35.4 Å². The molecule has 2 aromatic heterocycles. The molecule has 0 radical (unpaired) electrons. The molecule has 1 aromatic carbocycles. The summed E-state index contributed by atoms with van der Waals surface area (Å²) in [5, 5.41) is 18.6. The Morgan fingerprint density at radius 1 is 1.18 bits per heavy atom. The van der Waals surface area contributed by atoms with Gasteiger partial charge in [0, 0.05) is 7.05 Å². The van der Waals surface area contributed by atoms with E-state index < -0.39 is 21.9 Å². The van der Waals surface area contributed by atoms with Gasteiger partial charge in [0.05, 0.1) is 0 Å². The number of carbonyl (C=O) groups is 1. The van der Waals surface area contributed by atoms with E-state index in [9.17, 15) is 4.79 Å². The number of nitrogens with zero attached hydrogens (tertiary/aromatic N) is 7. The van der Waals surface area contributed by atoms with Gasteiger partial charge in [-0.1, -0.05) is 30.3 Å². The van der Waals surface area contributed by atoms with E-state index >= 15 is 0 Å². The van der Waals surface area contributed by atoms with Crippen molar-refractivity contribution in [1.82, 2.24) is 25.2 Å². The van der Waals surface area contributed by atoms with Crippen molar-refractivity contribution >= 4 is 23.1 Å². The number of oxime groups is 1. The van der Waals surface area contributed by atoms with Crippen LogP contribution in [-0.2, 0) is 26.4 Å². The molecule has 0 bridgehead atoms. The number of aryl methyl sites for hydroxylation is 1. The summed E-state index contributed by atoms with van der Waals surface area (Å²) >= 11 is -0.835. The van der Waals surface area contributed by atoms with Crippen molar-refractivity contribution in [2.45, 2.75) is 26.9 Å². The fourth-order valence-electron chi connectivity index (χ4n) is 2.47. The Balaban J connectivity index is 1.65. The van der Waals surface area contributed by atoms with Crippen LogP contribution in [0.1, 0.15) is 37.4 Å². The third-order valence-electron chi connectivity index (χ3n) is 4.12. The molecule has 1 amide bonds. The Labute approximate surface area is 202 Å². The fraction of sp³-hybridized carbons (Fsp3) is 0.286. The van der Waals surface area contributed by atoms with Gasteiger partial charge in [0.15, 0.2) is 0 Å². The summed E-state index contributed by atoms with van der Waals surface area (Å²) in [6, 6.07) is 14.7. The summed E-state index contributed by atoms with van der Waals surface area (Å²) in [4.78, 5) is 22.3. The quantitative estimate of drug-likeness (QED) is 0.142. The molecule has 1 N–H and O–H groups in total. The topological polar surface area (TPSA) is 129 Å². The van der Waals surface area contributed by atoms with Crippen LogP contribution in [0.2, 0.25) is 0 Å². The van der Waals surface area contributed by atoms with Crippen molar-refractivity contribution in [3.05, 3.63) is 65.6 Å². The van der Waals surface area contributed by atoms with Crippen molar-refractivity contribution in [1.29, 1.82) is 0 Å². The van der Waals surface area contributed by atoms with Crippen LogP contribution in [0.25, 0.3) is 0 Å². The molecule has 0 atom stereocenters. The summed E-state index contributed by atoms with van der Waals surface area (Å²) in [7, 11) is 1.73. The number of tetrazole rings is 1. The number of carbonyl (C=O) groups excluding carboxylic acids is 1. The van der Waals surface area contributed by atoms with Crippen LogP contribution < -0.4 is 27.2 Å². The molecule has 0 spiro atoms. The van der Waals surface area contributed by atoms with Crippen molar-refractivity contribution < 1.29 is 34.6 Å². The van der Waals surface area contributed by atoms with Gasteiger partial charge in [-0.15, -0.1) is 5.10 Å². The summed E-state index contributed by atoms with van der Waals surface area (Å²) in [6.45, 7) is 4.42. The summed E-state index contributed by atoms with van der Waals surface area (Å²) < 4.78 is 11.1. The average Bonchev–Trinajstić information content (AvgIpc) is 3.25. The Kier molecular flexibility index (Phi) is 9.38. The number of anilines is 1. The number of nitrogens with one attached hydrogen (secondary N) is 1. The summed E-state index contributed by atoms with van der Waals surface area (Å²) in [5.74, 6) is 0.545. The first kappa shape index (κ1) is 24.4. The van der Waals surface area contributed by atoms with E-state index in [1.807, 2.05) is 37.3 Å². The third-order valence-corrected chi connectivity index (χ3v) is 5.76. The van der Waals surface area contributed by atoms with E-state index in [4.69, 9.17) is 7.90 Å². The van der Waals surface area contributed by atoms with Crippen molar-refractivity contribution in [2.24, 2.45) is 15.4 Å². The molecule has 12 heteroatoms. The molecular weight excluding hydrogens is 539 g/mol. The molecule has 174 valence electrons. The van der Waals surface area contributed by atoms with Crippen LogP contribution in [0.3, 0.4) is 0 Å². The zero-order valence-electron chi connectivity index (χ0n) is 18.5. The Morgan fingerprint density at radius 3 is 2.73 bits per heavy atom. The molecule has 3 aromatic rings. The minimum absolute atomic E-state index is 0.0920. The van der Waals surface area contributed by atoms with Crippen LogP contribution >= 0.6 is 0 Å². The fourth-order valence-corrected chi connectivity index (χ4v) is 3.77. The Morgan fingerprint density at radius 2 is 2.00 bits per heavy atom. The number of hydrogen-bond acceptors (Lipinski definition) is 9. The van der Waals surface area contributed by atoms with E-state index in [1.165, 1.54) is 4.68 Å². The minimum atomic E-state index is -0.835. The van der Waals surface area contributed by atoms with Gasteiger partial charge in [-0.25, -0.2) is 4.68 Å². The number of rotatable bonds is 11. The zero-order valence-corrected chi connectivity index (χ0v) is 20.6. The Bertz CT molecular complexity index is 1120. The second-order valence-corrected chi connectivity index (χ2v) is 8.23. The molecule has 0 unspecified atom stereocenters.